The van der Waals surface area contributed by atoms with Crippen molar-refractivity contribution in [3.8, 4) is 0 Å². The lowest BCUT2D eigenvalue weighted by atomic mass is 9.86. The zero-order valence-corrected chi connectivity index (χ0v) is 18.4. The zero-order chi connectivity index (χ0) is 22.5. The van der Waals surface area contributed by atoms with Gasteiger partial charge < -0.3 is 5.32 Å². The summed E-state index contributed by atoms with van der Waals surface area (Å²) in [6.45, 7) is 3.03. The van der Waals surface area contributed by atoms with Crippen molar-refractivity contribution in [2.75, 3.05) is 13.1 Å². The Kier molecular flexibility index (Phi) is 7.18. The smallest absolute Gasteiger partial charge is 0.256 e. The number of halogens is 3. The van der Waals surface area contributed by atoms with E-state index in [1.54, 1.807) is 0 Å². The summed E-state index contributed by atoms with van der Waals surface area (Å²) < 4.78 is 27.2. The van der Waals surface area contributed by atoms with Crippen LogP contribution < -0.4 is 5.32 Å². The molecule has 1 heterocycles. The quantitative estimate of drug-likeness (QED) is 0.500. The summed E-state index contributed by atoms with van der Waals surface area (Å²) >= 11 is 6.01. The first-order valence-electron chi connectivity index (χ1n) is 10.8. The number of nitrogens with zero attached hydrogens (tertiary/aromatic N) is 1. The molecule has 3 nitrogen and oxygen atoms in total. The third-order valence-corrected chi connectivity index (χ3v) is 6.35. The molecule has 0 unspecified atom stereocenters. The fourth-order valence-corrected chi connectivity index (χ4v) is 4.57. The fourth-order valence-electron chi connectivity index (χ4n) is 4.32. The summed E-state index contributed by atoms with van der Waals surface area (Å²) in [5.74, 6) is -0.966. The Balaban J connectivity index is 1.37. The number of rotatable bonds is 6. The van der Waals surface area contributed by atoms with Gasteiger partial charge in [0, 0.05) is 13.1 Å². The molecule has 1 N–H and O–H groups in total. The maximum Gasteiger partial charge on any atom is 0.256 e. The van der Waals surface area contributed by atoms with E-state index in [0.717, 1.165) is 43.6 Å². The highest BCUT2D eigenvalue weighted by Gasteiger charge is 2.23. The van der Waals surface area contributed by atoms with Gasteiger partial charge in [-0.3, -0.25) is 9.69 Å². The number of piperidine rings is 1. The number of hydrogen-bond acceptors (Lipinski definition) is 2. The van der Waals surface area contributed by atoms with Crippen LogP contribution in [0.25, 0.3) is 0 Å². The Labute approximate surface area is 192 Å². The molecule has 0 radical (unpaired) electrons. The van der Waals surface area contributed by atoms with Crippen LogP contribution in [0.2, 0.25) is 5.02 Å². The highest BCUT2D eigenvalue weighted by molar-refractivity contribution is 6.33. The van der Waals surface area contributed by atoms with E-state index in [0.29, 0.717) is 12.5 Å². The molecule has 0 aromatic heterocycles. The van der Waals surface area contributed by atoms with Gasteiger partial charge in [-0.25, -0.2) is 8.78 Å². The lowest BCUT2D eigenvalue weighted by Gasteiger charge is -2.33. The van der Waals surface area contributed by atoms with Crippen LogP contribution >= 0.6 is 11.6 Å². The topological polar surface area (TPSA) is 32.3 Å². The Morgan fingerprint density at radius 2 is 1.69 bits per heavy atom. The van der Waals surface area contributed by atoms with Gasteiger partial charge in [0.25, 0.3) is 5.91 Å². The van der Waals surface area contributed by atoms with Gasteiger partial charge in [-0.15, -0.1) is 0 Å². The molecule has 1 amide bonds. The molecule has 1 aliphatic heterocycles. The molecule has 3 aromatic carbocycles. The highest BCUT2D eigenvalue weighted by Crippen LogP contribution is 2.31. The molecule has 0 bridgehead atoms. The second kappa shape index (κ2) is 10.2. The van der Waals surface area contributed by atoms with Gasteiger partial charge in [0.15, 0.2) is 0 Å². The summed E-state index contributed by atoms with van der Waals surface area (Å²) in [4.78, 5) is 14.9. The molecular weight excluding hydrogens is 430 g/mol. The first-order chi connectivity index (χ1) is 15.5. The lowest BCUT2D eigenvalue weighted by Crippen LogP contribution is -2.33. The first-order valence-corrected chi connectivity index (χ1v) is 11.2. The van der Waals surface area contributed by atoms with Gasteiger partial charge in [-0.05, 0) is 72.8 Å². The van der Waals surface area contributed by atoms with Crippen molar-refractivity contribution < 1.29 is 13.6 Å². The van der Waals surface area contributed by atoms with Gasteiger partial charge in [0.05, 0.1) is 10.6 Å². The average molecular weight is 455 g/mol. The second-order valence-corrected chi connectivity index (χ2v) is 8.56. The number of carbonyl (C=O) groups excluding carboxylic acids is 1. The van der Waals surface area contributed by atoms with Crippen LogP contribution in [0.1, 0.15) is 45.8 Å². The van der Waals surface area contributed by atoms with Gasteiger partial charge in [-0.2, -0.15) is 0 Å². The second-order valence-electron chi connectivity index (χ2n) is 8.16. The largest absolute Gasteiger partial charge is 0.348 e. The molecule has 0 spiro atoms. The van der Waals surface area contributed by atoms with Crippen molar-refractivity contribution in [1.29, 1.82) is 0 Å². The van der Waals surface area contributed by atoms with E-state index < -0.39 is 11.7 Å². The number of hydrogen-bond donors (Lipinski definition) is 1. The minimum atomic E-state index is -0.628. The SMILES string of the molecule is O=C(NCc1ccccc1C1CCN(Cc2ccc(F)cc2)CC1)c1c(F)cccc1Cl. The highest BCUT2D eigenvalue weighted by atomic mass is 35.5. The fraction of sp³-hybridized carbons (Fsp3) is 0.269. The molecule has 1 saturated heterocycles. The van der Waals surface area contributed by atoms with Crippen LogP contribution in [0.15, 0.2) is 66.7 Å². The Morgan fingerprint density at radius 1 is 0.969 bits per heavy atom. The Bertz CT molecular complexity index is 1060. The predicted molar refractivity (Wildman–Crippen MR) is 123 cm³/mol. The van der Waals surface area contributed by atoms with Gasteiger partial charge in [0.1, 0.15) is 11.6 Å². The summed E-state index contributed by atoms with van der Waals surface area (Å²) in [5.41, 5.74) is 3.24. The summed E-state index contributed by atoms with van der Waals surface area (Å²) in [7, 11) is 0. The monoisotopic (exact) mass is 454 g/mol. The number of amides is 1. The summed E-state index contributed by atoms with van der Waals surface area (Å²) in [6.07, 6.45) is 2.01. The van der Waals surface area contributed by atoms with Gasteiger partial charge in [-0.1, -0.05) is 54.1 Å². The van der Waals surface area contributed by atoms with Crippen molar-refractivity contribution >= 4 is 17.5 Å². The average Bonchev–Trinajstić information content (AvgIpc) is 2.80. The van der Waals surface area contributed by atoms with Crippen molar-refractivity contribution in [2.24, 2.45) is 0 Å². The molecule has 166 valence electrons. The number of carbonyl (C=O) groups is 1. The van der Waals surface area contributed by atoms with Gasteiger partial charge >= 0.3 is 0 Å². The van der Waals surface area contributed by atoms with E-state index in [2.05, 4.69) is 16.3 Å². The number of benzene rings is 3. The molecule has 3 aromatic rings. The van der Waals surface area contributed by atoms with Crippen LogP contribution in [-0.4, -0.2) is 23.9 Å². The summed E-state index contributed by atoms with van der Waals surface area (Å²) in [6, 6.07) is 19.0. The maximum atomic E-state index is 14.0. The van der Waals surface area contributed by atoms with E-state index in [-0.39, 0.29) is 16.4 Å². The van der Waals surface area contributed by atoms with Crippen molar-refractivity contribution in [1.82, 2.24) is 10.2 Å². The predicted octanol–water partition coefficient (Wildman–Crippen LogP) is 5.93. The van der Waals surface area contributed by atoms with Crippen LogP contribution in [-0.2, 0) is 13.1 Å². The molecule has 1 fully saturated rings. The van der Waals surface area contributed by atoms with E-state index in [4.69, 9.17) is 11.6 Å². The van der Waals surface area contributed by atoms with E-state index >= 15 is 0 Å². The molecular formula is C26H25ClF2N2O. The molecule has 0 aliphatic carbocycles. The normalized spacial score (nSPS) is 15.0. The van der Waals surface area contributed by atoms with Crippen LogP contribution in [0.3, 0.4) is 0 Å². The van der Waals surface area contributed by atoms with Gasteiger partial charge in [0.2, 0.25) is 0 Å². The van der Waals surface area contributed by atoms with Crippen LogP contribution in [0, 0.1) is 11.6 Å². The standard InChI is InChI=1S/C26H25ClF2N2O/c27-23-6-3-7-24(29)25(23)26(32)30-16-20-4-1-2-5-22(20)19-12-14-31(15-13-19)17-18-8-10-21(28)11-9-18/h1-11,19H,12-17H2,(H,30,32). The van der Waals surface area contributed by atoms with Crippen LogP contribution in [0.4, 0.5) is 8.78 Å². The first kappa shape index (κ1) is 22.4. The minimum absolute atomic E-state index is 0.101. The Morgan fingerprint density at radius 3 is 2.41 bits per heavy atom. The van der Waals surface area contributed by atoms with E-state index in [1.807, 2.05) is 30.3 Å². The van der Waals surface area contributed by atoms with E-state index in [9.17, 15) is 13.6 Å². The molecule has 4 rings (SSSR count). The molecule has 0 atom stereocenters. The minimum Gasteiger partial charge on any atom is -0.348 e. The van der Waals surface area contributed by atoms with Crippen molar-refractivity contribution in [3.05, 3.63) is 106 Å². The third kappa shape index (κ3) is 5.34. The number of nitrogens with one attached hydrogen (secondary N) is 1. The molecule has 6 heteroatoms. The molecule has 1 aliphatic rings. The molecule has 0 saturated carbocycles. The van der Waals surface area contributed by atoms with Crippen molar-refractivity contribution in [2.45, 2.75) is 31.8 Å². The summed E-state index contributed by atoms with van der Waals surface area (Å²) in [5, 5.41) is 2.92. The van der Waals surface area contributed by atoms with E-state index in [1.165, 1.54) is 35.9 Å². The number of likely N-dealkylation sites (tertiary alicyclic amines) is 1. The maximum absolute atomic E-state index is 14.0. The molecule has 32 heavy (non-hydrogen) atoms. The third-order valence-electron chi connectivity index (χ3n) is 6.03. The Hall–Kier alpha value is -2.76. The van der Waals surface area contributed by atoms with Crippen molar-refractivity contribution in [3.63, 3.8) is 0 Å². The zero-order valence-electron chi connectivity index (χ0n) is 17.7. The lowest BCUT2D eigenvalue weighted by molar-refractivity contribution is 0.0947. The van der Waals surface area contributed by atoms with Crippen LogP contribution in [0.5, 0.6) is 0 Å².